The third-order valence-corrected chi connectivity index (χ3v) is 3.63. The van der Waals surface area contributed by atoms with Gasteiger partial charge in [-0.2, -0.15) is 0 Å². The molecule has 0 aromatic rings. The molecule has 1 heterocycles. The van der Waals surface area contributed by atoms with Crippen molar-refractivity contribution in [3.8, 4) is 0 Å². The Morgan fingerprint density at radius 2 is 2.12 bits per heavy atom. The van der Waals surface area contributed by atoms with Crippen LogP contribution in [0.4, 0.5) is 0 Å². The second-order valence-electron chi connectivity index (χ2n) is 5.31. The number of hydrogen-bond donors (Lipinski definition) is 2. The Morgan fingerprint density at radius 1 is 1.47 bits per heavy atom. The quantitative estimate of drug-likeness (QED) is 0.677. The maximum Gasteiger partial charge on any atom is 0.224 e. The van der Waals surface area contributed by atoms with Crippen LogP contribution in [0.25, 0.3) is 0 Å². The van der Waals surface area contributed by atoms with Gasteiger partial charge in [-0.15, -0.1) is 0 Å². The third-order valence-electron chi connectivity index (χ3n) is 3.63. The molecular weight excluding hydrogens is 214 g/mol. The topological polar surface area (TPSA) is 58.4 Å². The zero-order chi connectivity index (χ0) is 12.7. The van der Waals surface area contributed by atoms with E-state index in [1.807, 2.05) is 6.92 Å². The molecule has 1 unspecified atom stereocenters. The van der Waals surface area contributed by atoms with Gasteiger partial charge in [0.05, 0.1) is 0 Å². The first-order valence-corrected chi connectivity index (χ1v) is 6.83. The van der Waals surface area contributed by atoms with Gasteiger partial charge in [0.15, 0.2) is 0 Å². The molecule has 0 aliphatic carbocycles. The molecule has 100 valence electrons. The lowest BCUT2D eigenvalue weighted by Crippen LogP contribution is -2.37. The summed E-state index contributed by atoms with van der Waals surface area (Å²) < 4.78 is 0. The van der Waals surface area contributed by atoms with E-state index in [9.17, 15) is 4.79 Å². The zero-order valence-corrected chi connectivity index (χ0v) is 11.2. The van der Waals surface area contributed by atoms with E-state index in [0.717, 1.165) is 25.4 Å². The Balaban J connectivity index is 2.02. The van der Waals surface area contributed by atoms with E-state index in [1.165, 1.54) is 25.9 Å². The number of nitrogens with zero attached hydrogens (tertiary/aromatic N) is 1. The van der Waals surface area contributed by atoms with Gasteiger partial charge in [-0.05, 0) is 44.8 Å². The van der Waals surface area contributed by atoms with Crippen LogP contribution in [-0.4, -0.2) is 43.5 Å². The summed E-state index contributed by atoms with van der Waals surface area (Å²) >= 11 is 0. The van der Waals surface area contributed by atoms with Gasteiger partial charge in [-0.25, -0.2) is 0 Å². The van der Waals surface area contributed by atoms with Gasteiger partial charge < -0.3 is 16.0 Å². The van der Waals surface area contributed by atoms with Gasteiger partial charge in [0.1, 0.15) is 0 Å². The van der Waals surface area contributed by atoms with Crippen LogP contribution in [0.2, 0.25) is 0 Å². The molecule has 1 aliphatic heterocycles. The van der Waals surface area contributed by atoms with Crippen molar-refractivity contribution in [2.75, 3.05) is 32.7 Å². The predicted octanol–water partition coefficient (Wildman–Crippen LogP) is 0.819. The maximum atomic E-state index is 11.5. The fourth-order valence-corrected chi connectivity index (χ4v) is 2.08. The summed E-state index contributed by atoms with van der Waals surface area (Å²) in [5.74, 6) is 0.905. The molecule has 4 nitrogen and oxygen atoms in total. The summed E-state index contributed by atoms with van der Waals surface area (Å²) in [7, 11) is 0. The number of nitrogens with two attached hydrogens (primary N) is 1. The lowest BCUT2D eigenvalue weighted by Gasteiger charge is -2.30. The van der Waals surface area contributed by atoms with E-state index in [0.29, 0.717) is 6.54 Å². The maximum absolute atomic E-state index is 11.5. The van der Waals surface area contributed by atoms with Crippen molar-refractivity contribution in [1.29, 1.82) is 0 Å². The predicted molar refractivity (Wildman–Crippen MR) is 70.7 cm³/mol. The van der Waals surface area contributed by atoms with Crippen LogP contribution < -0.4 is 11.1 Å². The van der Waals surface area contributed by atoms with Crippen LogP contribution in [0.15, 0.2) is 0 Å². The van der Waals surface area contributed by atoms with Crippen molar-refractivity contribution in [1.82, 2.24) is 10.2 Å². The fraction of sp³-hybridized carbons (Fsp3) is 0.923. The molecule has 1 atom stereocenters. The lowest BCUT2D eigenvalue weighted by atomic mass is 9.99. The number of nitrogens with one attached hydrogen (secondary N) is 1. The largest absolute Gasteiger partial charge is 0.356 e. The summed E-state index contributed by atoms with van der Waals surface area (Å²) in [6.45, 7) is 8.92. The molecule has 0 saturated carbocycles. The Hall–Kier alpha value is -0.610. The summed E-state index contributed by atoms with van der Waals surface area (Å²) in [6.07, 6.45) is 3.67. The molecule has 17 heavy (non-hydrogen) atoms. The minimum atomic E-state index is -0.0640. The normalized spacial score (nSPS) is 20.2. The average Bonchev–Trinajstić information content (AvgIpc) is 2.35. The van der Waals surface area contributed by atoms with Crippen LogP contribution in [0, 0.1) is 11.8 Å². The second-order valence-corrected chi connectivity index (χ2v) is 5.31. The van der Waals surface area contributed by atoms with Crippen LogP contribution in [0.3, 0.4) is 0 Å². The fourth-order valence-electron chi connectivity index (χ4n) is 2.08. The van der Waals surface area contributed by atoms with Gasteiger partial charge in [-0.3, -0.25) is 4.79 Å². The highest BCUT2D eigenvalue weighted by Gasteiger charge is 2.15. The van der Waals surface area contributed by atoms with E-state index < -0.39 is 0 Å². The van der Waals surface area contributed by atoms with Crippen molar-refractivity contribution in [2.24, 2.45) is 17.6 Å². The van der Waals surface area contributed by atoms with E-state index >= 15 is 0 Å². The molecule has 1 aliphatic rings. The monoisotopic (exact) mass is 241 g/mol. The van der Waals surface area contributed by atoms with Gasteiger partial charge in [0.25, 0.3) is 0 Å². The molecule has 3 N–H and O–H groups in total. The number of piperidine rings is 1. The summed E-state index contributed by atoms with van der Waals surface area (Å²) in [6, 6.07) is 0. The highest BCUT2D eigenvalue weighted by Crippen LogP contribution is 2.15. The van der Waals surface area contributed by atoms with Crippen LogP contribution >= 0.6 is 0 Å². The number of carbonyl (C=O) groups is 1. The molecule has 1 amide bonds. The number of carbonyl (C=O) groups excluding carboxylic acids is 1. The minimum absolute atomic E-state index is 0.0640. The molecule has 1 saturated heterocycles. The van der Waals surface area contributed by atoms with E-state index in [2.05, 4.69) is 17.1 Å². The summed E-state index contributed by atoms with van der Waals surface area (Å²) in [4.78, 5) is 14.0. The second kappa shape index (κ2) is 7.67. The number of rotatable bonds is 6. The Labute approximate surface area is 105 Å². The van der Waals surface area contributed by atoms with Crippen LogP contribution in [0.5, 0.6) is 0 Å². The van der Waals surface area contributed by atoms with Crippen LogP contribution in [-0.2, 0) is 4.79 Å². The number of likely N-dealkylation sites (tertiary alicyclic amines) is 1. The van der Waals surface area contributed by atoms with Gasteiger partial charge >= 0.3 is 0 Å². The molecule has 0 spiro atoms. The van der Waals surface area contributed by atoms with E-state index in [-0.39, 0.29) is 11.8 Å². The van der Waals surface area contributed by atoms with Crippen molar-refractivity contribution in [2.45, 2.75) is 33.1 Å². The van der Waals surface area contributed by atoms with Gasteiger partial charge in [0, 0.05) is 19.0 Å². The molecule has 0 aromatic carbocycles. The number of hydrogen-bond acceptors (Lipinski definition) is 3. The first-order chi connectivity index (χ1) is 8.13. The first-order valence-electron chi connectivity index (χ1n) is 6.83. The van der Waals surface area contributed by atoms with Crippen molar-refractivity contribution >= 4 is 5.91 Å². The SMILES string of the molecule is CC1CCN(CCCNC(=O)C(C)CN)CC1. The average molecular weight is 241 g/mol. The zero-order valence-electron chi connectivity index (χ0n) is 11.2. The van der Waals surface area contributed by atoms with E-state index in [1.54, 1.807) is 0 Å². The lowest BCUT2D eigenvalue weighted by molar-refractivity contribution is -0.124. The minimum Gasteiger partial charge on any atom is -0.356 e. The first kappa shape index (κ1) is 14.5. The highest BCUT2D eigenvalue weighted by atomic mass is 16.1. The highest BCUT2D eigenvalue weighted by molar-refractivity contribution is 5.78. The Morgan fingerprint density at radius 3 is 2.71 bits per heavy atom. The molecule has 0 bridgehead atoms. The smallest absolute Gasteiger partial charge is 0.224 e. The molecule has 1 rings (SSSR count). The molecule has 1 fully saturated rings. The Kier molecular flexibility index (Phi) is 6.52. The molecule has 4 heteroatoms. The van der Waals surface area contributed by atoms with Gasteiger partial charge in [-0.1, -0.05) is 13.8 Å². The van der Waals surface area contributed by atoms with Crippen molar-refractivity contribution in [3.05, 3.63) is 0 Å². The summed E-state index contributed by atoms with van der Waals surface area (Å²) in [5, 5.41) is 2.94. The van der Waals surface area contributed by atoms with Crippen molar-refractivity contribution in [3.63, 3.8) is 0 Å². The van der Waals surface area contributed by atoms with Gasteiger partial charge in [0.2, 0.25) is 5.91 Å². The molecule has 0 radical (unpaired) electrons. The van der Waals surface area contributed by atoms with Crippen LogP contribution in [0.1, 0.15) is 33.1 Å². The summed E-state index contributed by atoms with van der Waals surface area (Å²) in [5.41, 5.74) is 5.44. The molecule has 0 aromatic heterocycles. The van der Waals surface area contributed by atoms with Crippen molar-refractivity contribution < 1.29 is 4.79 Å². The van der Waals surface area contributed by atoms with E-state index in [4.69, 9.17) is 5.73 Å². The number of amides is 1. The third kappa shape index (κ3) is 5.50. The Bertz CT molecular complexity index is 225. The standard InChI is InChI=1S/C13H27N3O/c1-11-4-8-16(9-5-11)7-3-6-15-13(17)12(2)10-14/h11-12H,3-10,14H2,1-2H3,(H,15,17). The molecular formula is C13H27N3O.